The number of aromatic carboxylic acids is 1. The normalized spacial score (nSPS) is 19.8. The number of hydrogen-bond donors (Lipinski definition) is 2. The van der Waals surface area contributed by atoms with Gasteiger partial charge in [0.25, 0.3) is 11.7 Å². The van der Waals surface area contributed by atoms with Gasteiger partial charge in [0.1, 0.15) is 12.3 Å². The lowest BCUT2D eigenvalue weighted by Crippen LogP contribution is -2.40. The Morgan fingerprint density at radius 1 is 1.12 bits per heavy atom. The van der Waals surface area contributed by atoms with Gasteiger partial charge in [-0.05, 0) is 66.0 Å². The zero-order valence-corrected chi connectivity index (χ0v) is 24.1. The van der Waals surface area contributed by atoms with Crippen molar-refractivity contribution in [2.24, 2.45) is 11.8 Å². The van der Waals surface area contributed by atoms with Gasteiger partial charge < -0.3 is 15.2 Å². The molecule has 0 bridgehead atoms. The second-order valence-corrected chi connectivity index (χ2v) is 11.6. The van der Waals surface area contributed by atoms with Gasteiger partial charge in [-0.1, -0.05) is 61.2 Å². The molecule has 2 aromatic carbocycles. The Hall–Kier alpha value is -4.04. The van der Waals surface area contributed by atoms with E-state index in [9.17, 15) is 14.7 Å². The molecule has 2 aromatic rings. The Kier molecular flexibility index (Phi) is 9.09. The van der Waals surface area contributed by atoms with Crippen LogP contribution in [0.15, 0.2) is 94.7 Å². The zero-order valence-electron chi connectivity index (χ0n) is 23.3. The first-order valence-electron chi connectivity index (χ1n) is 14.0. The molecule has 212 valence electrons. The lowest BCUT2D eigenvalue weighted by atomic mass is 9.93. The first-order chi connectivity index (χ1) is 19.9. The minimum Gasteiger partial charge on any atom is -0.493 e. The van der Waals surface area contributed by atoms with Gasteiger partial charge in [-0.3, -0.25) is 9.69 Å². The number of ether oxygens (including phenoxy) is 1. The molecule has 0 saturated carbocycles. The predicted molar refractivity (Wildman–Crippen MR) is 164 cm³/mol. The number of hydrogen-bond acceptors (Lipinski definition) is 5. The molecule has 0 aliphatic carbocycles. The van der Waals surface area contributed by atoms with Crippen LogP contribution < -0.4 is 10.1 Å². The van der Waals surface area contributed by atoms with E-state index in [1.54, 1.807) is 24.3 Å². The van der Waals surface area contributed by atoms with Crippen molar-refractivity contribution in [3.63, 3.8) is 0 Å². The van der Waals surface area contributed by atoms with Crippen LogP contribution in [0.3, 0.4) is 0 Å². The van der Waals surface area contributed by atoms with E-state index in [2.05, 4.69) is 41.4 Å². The van der Waals surface area contributed by atoms with Gasteiger partial charge in [-0.2, -0.15) is 0 Å². The van der Waals surface area contributed by atoms with Gasteiger partial charge in [0.15, 0.2) is 0 Å². The summed E-state index contributed by atoms with van der Waals surface area (Å²) < 4.78 is 7.84. The highest BCUT2D eigenvalue weighted by Crippen LogP contribution is 2.35. The Labute approximate surface area is 245 Å². The Balaban J connectivity index is 1.13. The van der Waals surface area contributed by atoms with Gasteiger partial charge in [-0.25, -0.2) is 9.37 Å². The van der Waals surface area contributed by atoms with Crippen LogP contribution in [0.1, 0.15) is 42.1 Å². The summed E-state index contributed by atoms with van der Waals surface area (Å²) in [5.74, 6) is 1.33. The molecule has 1 saturated heterocycles. The summed E-state index contributed by atoms with van der Waals surface area (Å²) >= 11 is 1.49. The fraction of sp³-hybridized carbons (Fsp3) is 0.303. The van der Waals surface area contributed by atoms with Gasteiger partial charge in [0.2, 0.25) is 0 Å². The maximum absolute atomic E-state index is 13.1. The molecule has 0 radical (unpaired) electrons. The lowest BCUT2D eigenvalue weighted by molar-refractivity contribution is -0.481. The Morgan fingerprint density at radius 3 is 2.63 bits per heavy atom. The van der Waals surface area contributed by atoms with Crippen LogP contribution in [-0.2, 0) is 4.79 Å². The zero-order chi connectivity index (χ0) is 28.8. The SMILES string of the molecule is C=[N+]1CC(NC(=O)C2=CCC(C)C(c3ccccc3)=CS2)=CC=C1N1CCC(COc2cccc(C(=O)O)c2)CC1. The van der Waals surface area contributed by atoms with Crippen LogP contribution in [0.2, 0.25) is 0 Å². The van der Waals surface area contributed by atoms with Crippen LogP contribution in [0.25, 0.3) is 5.57 Å². The Bertz CT molecular complexity index is 1440. The van der Waals surface area contributed by atoms with Gasteiger partial charge in [0, 0.05) is 12.0 Å². The number of carboxylic acid groups (broad SMARTS) is 1. The third-order valence-electron chi connectivity index (χ3n) is 7.73. The average Bonchev–Trinajstić information content (AvgIpc) is 3.18. The lowest BCUT2D eigenvalue weighted by Gasteiger charge is -2.30. The molecule has 7 nitrogen and oxygen atoms in total. The fourth-order valence-corrected chi connectivity index (χ4v) is 6.28. The number of amides is 1. The number of carbonyl (C=O) groups is 2. The summed E-state index contributed by atoms with van der Waals surface area (Å²) in [6.07, 6.45) is 8.82. The van der Waals surface area contributed by atoms with E-state index in [-0.39, 0.29) is 11.5 Å². The number of likely N-dealkylation sites (tertiary alicyclic amines) is 1. The number of nitrogens with one attached hydrogen (secondary N) is 1. The molecule has 0 aromatic heterocycles. The van der Waals surface area contributed by atoms with Crippen molar-refractivity contribution in [1.82, 2.24) is 10.2 Å². The number of allylic oxidation sites excluding steroid dienone is 4. The molecule has 1 amide bonds. The molecule has 3 aliphatic heterocycles. The summed E-state index contributed by atoms with van der Waals surface area (Å²) in [7, 11) is 0. The van der Waals surface area contributed by atoms with Gasteiger partial charge in [-0.15, -0.1) is 0 Å². The first-order valence-corrected chi connectivity index (χ1v) is 14.9. The number of carboxylic acids is 1. The number of piperidine rings is 1. The summed E-state index contributed by atoms with van der Waals surface area (Å²) in [4.78, 5) is 27.4. The van der Waals surface area contributed by atoms with Crippen LogP contribution in [-0.4, -0.2) is 59.4 Å². The second-order valence-electron chi connectivity index (χ2n) is 10.7. The molecule has 1 fully saturated rings. The van der Waals surface area contributed by atoms with Crippen LogP contribution >= 0.6 is 11.8 Å². The molecule has 5 rings (SSSR count). The van der Waals surface area contributed by atoms with E-state index in [0.717, 1.165) is 43.9 Å². The van der Waals surface area contributed by atoms with Crippen LogP contribution in [0.5, 0.6) is 5.75 Å². The van der Waals surface area contributed by atoms with E-state index in [0.29, 0.717) is 35.6 Å². The maximum Gasteiger partial charge on any atom is 0.335 e. The highest BCUT2D eigenvalue weighted by molar-refractivity contribution is 8.06. The molecular formula is C33H36N3O4S+. The molecule has 2 N–H and O–H groups in total. The van der Waals surface area contributed by atoms with Crippen molar-refractivity contribution >= 4 is 35.9 Å². The highest BCUT2D eigenvalue weighted by atomic mass is 32.2. The molecule has 41 heavy (non-hydrogen) atoms. The average molecular weight is 571 g/mol. The van der Waals surface area contributed by atoms with Crippen molar-refractivity contribution in [1.29, 1.82) is 0 Å². The van der Waals surface area contributed by atoms with Gasteiger partial charge >= 0.3 is 5.97 Å². The third kappa shape index (κ3) is 7.19. The fourth-order valence-electron chi connectivity index (χ4n) is 5.31. The number of thioether (sulfide) groups is 1. The minimum absolute atomic E-state index is 0.0843. The van der Waals surface area contributed by atoms with Crippen molar-refractivity contribution in [3.05, 3.63) is 106 Å². The van der Waals surface area contributed by atoms with Gasteiger partial charge in [0.05, 0.1) is 42.6 Å². The Morgan fingerprint density at radius 2 is 1.90 bits per heavy atom. The summed E-state index contributed by atoms with van der Waals surface area (Å²) in [5.41, 5.74) is 3.51. The van der Waals surface area contributed by atoms with E-state index in [1.807, 2.05) is 41.0 Å². The van der Waals surface area contributed by atoms with E-state index in [1.165, 1.54) is 22.9 Å². The van der Waals surface area contributed by atoms with Crippen molar-refractivity contribution in [2.45, 2.75) is 26.2 Å². The molecule has 0 spiro atoms. The number of nitrogens with zero attached hydrogens (tertiary/aromatic N) is 2. The topological polar surface area (TPSA) is 81.9 Å². The molecule has 1 unspecified atom stereocenters. The largest absolute Gasteiger partial charge is 0.493 e. The van der Waals surface area contributed by atoms with Crippen LogP contribution in [0.4, 0.5) is 0 Å². The van der Waals surface area contributed by atoms with E-state index >= 15 is 0 Å². The predicted octanol–water partition coefficient (Wildman–Crippen LogP) is 5.74. The molecule has 1 atom stereocenters. The number of benzene rings is 2. The smallest absolute Gasteiger partial charge is 0.335 e. The minimum atomic E-state index is -0.955. The number of carbonyl (C=O) groups excluding carboxylic acids is 1. The molecule has 8 heteroatoms. The van der Waals surface area contributed by atoms with Crippen molar-refractivity contribution in [3.8, 4) is 5.75 Å². The summed E-state index contributed by atoms with van der Waals surface area (Å²) in [6.45, 7) is 9.30. The quantitative estimate of drug-likeness (QED) is 0.394. The van der Waals surface area contributed by atoms with Crippen LogP contribution in [0, 0.1) is 11.8 Å². The third-order valence-corrected chi connectivity index (χ3v) is 8.71. The first kappa shape index (κ1) is 28.5. The maximum atomic E-state index is 13.1. The summed E-state index contributed by atoms with van der Waals surface area (Å²) in [5, 5.41) is 14.4. The summed E-state index contributed by atoms with van der Waals surface area (Å²) in [6, 6.07) is 17.0. The number of rotatable bonds is 8. The van der Waals surface area contributed by atoms with Crippen molar-refractivity contribution in [2.75, 3.05) is 26.2 Å². The van der Waals surface area contributed by atoms with Crippen molar-refractivity contribution < 1.29 is 24.0 Å². The molecular weight excluding hydrogens is 534 g/mol. The monoisotopic (exact) mass is 570 g/mol. The molecule has 3 heterocycles. The van der Waals surface area contributed by atoms with E-state index < -0.39 is 5.97 Å². The molecule has 3 aliphatic rings. The highest BCUT2D eigenvalue weighted by Gasteiger charge is 2.30. The van der Waals surface area contributed by atoms with E-state index in [4.69, 9.17) is 4.74 Å². The standard InChI is InChI=1S/C33H35N3O4S/c1-23-11-13-30(41-22-29(23)25-7-4-3-5-8-25)32(37)34-27-12-14-31(35(2)20-27)36-17-15-24(16-18-36)21-40-28-10-6-9-26(19-28)33(38)39/h3-10,12-14,19,22-24H,2,11,15-18,20-21H2,1H3,(H-,34,37,38,39)/p+1. The second kappa shape index (κ2) is 13.1.